The Balaban J connectivity index is 1.90. The number of aliphatic hydroxyl groups excluding tert-OH is 1. The number of nitrogens with zero attached hydrogens (tertiary/aromatic N) is 6. The van der Waals surface area contributed by atoms with Crippen LogP contribution in [0.4, 0.5) is 17.1 Å². The van der Waals surface area contributed by atoms with Crippen LogP contribution >= 0.6 is 0 Å². The second-order valence-electron chi connectivity index (χ2n) is 9.44. The number of hydrazone groups is 1. The van der Waals surface area contributed by atoms with E-state index in [1.807, 2.05) is 19.2 Å². The maximum atomic E-state index is 12.3. The van der Waals surface area contributed by atoms with Crippen LogP contribution in [0, 0.1) is 5.92 Å². The molecule has 1 unspecified atom stereocenters. The number of nitrogens with two attached hydrogens (primary N) is 1. The predicted molar refractivity (Wildman–Crippen MR) is 164 cm³/mol. The topological polar surface area (TPSA) is 131 Å². The van der Waals surface area contributed by atoms with Crippen LogP contribution in [0.25, 0.3) is 0 Å². The SMILES string of the molecule is C=CC(=O)Nc1cc(N=CN=C(C=CN)C2C=CC(N(C)N=C)=C(C)C2)c(OC)cc1N1CCN(CCO)CC1. The van der Waals surface area contributed by atoms with Crippen molar-refractivity contribution in [2.45, 2.75) is 13.3 Å². The van der Waals surface area contributed by atoms with E-state index in [4.69, 9.17) is 10.5 Å². The third kappa shape index (κ3) is 7.67. The number of nitrogens with one attached hydrogen (secondary N) is 1. The van der Waals surface area contributed by atoms with Crippen molar-refractivity contribution in [3.8, 4) is 5.75 Å². The molecule has 0 radical (unpaired) electrons. The number of likely N-dealkylation sites (N-methyl/N-ethyl adjacent to an activating group) is 1. The number of amides is 1. The standard InChI is InChI=1S/C29H40N8O3/c1-6-29(39)34-24-18-25(28(40-5)19-27(24)37-13-11-36(12-14-37)15-16-38)33-20-32-23(9-10-30)22-7-8-26(21(2)17-22)35(4)31-3/h6-10,18-20,22,38H,1,3,11-17,30H2,2,4-5H3,(H,34,39). The van der Waals surface area contributed by atoms with Crippen molar-refractivity contribution < 1.29 is 14.6 Å². The lowest BCUT2D eigenvalue weighted by Crippen LogP contribution is -2.47. The van der Waals surface area contributed by atoms with E-state index < -0.39 is 0 Å². The van der Waals surface area contributed by atoms with E-state index in [-0.39, 0.29) is 18.4 Å². The van der Waals surface area contributed by atoms with Crippen molar-refractivity contribution in [2.24, 2.45) is 26.7 Å². The number of hydrogen-bond donors (Lipinski definition) is 3. The average molecular weight is 549 g/mol. The van der Waals surface area contributed by atoms with Gasteiger partial charge in [-0.25, -0.2) is 9.98 Å². The number of benzene rings is 1. The maximum Gasteiger partial charge on any atom is 0.247 e. The van der Waals surface area contributed by atoms with Crippen molar-refractivity contribution in [1.82, 2.24) is 9.91 Å². The molecule has 1 aliphatic carbocycles. The molecule has 1 amide bonds. The first-order chi connectivity index (χ1) is 19.3. The summed E-state index contributed by atoms with van der Waals surface area (Å²) in [6.45, 7) is 13.1. The molecule has 1 aromatic carbocycles. The second kappa shape index (κ2) is 14.8. The number of aliphatic imine (C=N–C) groups is 2. The zero-order valence-electron chi connectivity index (χ0n) is 23.6. The van der Waals surface area contributed by atoms with Crippen LogP contribution in [0.2, 0.25) is 0 Å². The van der Waals surface area contributed by atoms with E-state index in [1.54, 1.807) is 24.3 Å². The summed E-state index contributed by atoms with van der Waals surface area (Å²) in [6.07, 6.45) is 10.8. The van der Waals surface area contributed by atoms with Gasteiger partial charge < -0.3 is 25.8 Å². The number of carbonyl (C=O) groups excluding carboxylic acids is 1. The Morgan fingerprint density at radius 3 is 2.67 bits per heavy atom. The third-order valence-electron chi connectivity index (χ3n) is 6.93. The van der Waals surface area contributed by atoms with Crippen LogP contribution in [-0.4, -0.2) is 93.2 Å². The Hall–Kier alpha value is -4.22. The van der Waals surface area contributed by atoms with E-state index in [1.165, 1.54) is 18.6 Å². The van der Waals surface area contributed by atoms with Gasteiger partial charge in [0.05, 0.1) is 36.5 Å². The fourth-order valence-corrected chi connectivity index (χ4v) is 4.76. The molecule has 40 heavy (non-hydrogen) atoms. The van der Waals surface area contributed by atoms with Crippen molar-refractivity contribution in [1.29, 1.82) is 0 Å². The minimum absolute atomic E-state index is 0.0180. The lowest BCUT2D eigenvalue weighted by molar-refractivity contribution is -0.111. The normalized spacial score (nSPS) is 18.4. The number of methoxy groups -OCH3 is 1. The average Bonchev–Trinajstić information content (AvgIpc) is 2.97. The summed E-state index contributed by atoms with van der Waals surface area (Å²) in [4.78, 5) is 25.8. The molecule has 0 saturated carbocycles. The number of piperazine rings is 1. The van der Waals surface area contributed by atoms with E-state index in [9.17, 15) is 9.90 Å². The molecule has 1 aromatic rings. The number of aliphatic hydroxyl groups is 1. The summed E-state index contributed by atoms with van der Waals surface area (Å²) in [7, 11) is 3.44. The molecule has 3 rings (SSSR count). The van der Waals surface area contributed by atoms with Crippen molar-refractivity contribution in [3.05, 3.63) is 60.5 Å². The van der Waals surface area contributed by atoms with Crippen LogP contribution in [-0.2, 0) is 4.79 Å². The quantitative estimate of drug-likeness (QED) is 0.158. The van der Waals surface area contributed by atoms with E-state index >= 15 is 0 Å². The smallest absolute Gasteiger partial charge is 0.247 e. The molecule has 0 aromatic heterocycles. The Morgan fingerprint density at radius 1 is 1.32 bits per heavy atom. The van der Waals surface area contributed by atoms with Gasteiger partial charge in [-0.2, -0.15) is 5.10 Å². The molecule has 1 atom stereocenters. The summed E-state index contributed by atoms with van der Waals surface area (Å²) >= 11 is 0. The van der Waals surface area contributed by atoms with Crippen LogP contribution < -0.4 is 20.7 Å². The molecule has 214 valence electrons. The molecule has 4 N–H and O–H groups in total. The first kappa shape index (κ1) is 30.3. The highest BCUT2D eigenvalue weighted by Gasteiger charge is 2.22. The van der Waals surface area contributed by atoms with Crippen LogP contribution in [0.5, 0.6) is 5.75 Å². The molecule has 1 fully saturated rings. The van der Waals surface area contributed by atoms with Gasteiger partial charge in [-0.3, -0.25) is 14.7 Å². The van der Waals surface area contributed by atoms with Gasteiger partial charge in [-0.1, -0.05) is 12.7 Å². The number of ether oxygens (including phenoxy) is 1. The summed E-state index contributed by atoms with van der Waals surface area (Å²) < 4.78 is 5.67. The molecular weight excluding hydrogens is 508 g/mol. The molecular formula is C29H40N8O3. The van der Waals surface area contributed by atoms with Gasteiger partial charge in [0.1, 0.15) is 17.8 Å². The molecule has 2 aliphatic rings. The van der Waals surface area contributed by atoms with Crippen LogP contribution in [0.15, 0.2) is 75.6 Å². The van der Waals surface area contributed by atoms with Gasteiger partial charge in [-0.15, -0.1) is 0 Å². The Bertz CT molecular complexity index is 1230. The zero-order valence-corrected chi connectivity index (χ0v) is 23.6. The van der Waals surface area contributed by atoms with Gasteiger partial charge in [0.25, 0.3) is 0 Å². The van der Waals surface area contributed by atoms with Crippen molar-refractivity contribution >= 4 is 41.7 Å². The Kier molecular flexibility index (Phi) is 11.2. The van der Waals surface area contributed by atoms with Gasteiger partial charge in [-0.05, 0) is 49.4 Å². The fraction of sp³-hybridized carbons (Fsp3) is 0.379. The molecule has 0 spiro atoms. The zero-order chi connectivity index (χ0) is 29.1. The summed E-state index contributed by atoms with van der Waals surface area (Å²) in [6, 6.07) is 3.65. The number of rotatable bonds is 12. The molecule has 1 aliphatic heterocycles. The highest BCUT2D eigenvalue weighted by atomic mass is 16.5. The maximum absolute atomic E-state index is 12.3. The largest absolute Gasteiger partial charge is 0.494 e. The second-order valence-corrected chi connectivity index (χ2v) is 9.44. The summed E-state index contributed by atoms with van der Waals surface area (Å²) in [5.41, 5.74) is 10.6. The molecule has 1 saturated heterocycles. The van der Waals surface area contributed by atoms with Gasteiger partial charge >= 0.3 is 0 Å². The predicted octanol–water partition coefficient (Wildman–Crippen LogP) is 2.90. The number of β-amino-alcohol motifs (C(OH)–C–C–N with tert-alkyl or cyclic N) is 1. The first-order valence-electron chi connectivity index (χ1n) is 13.2. The minimum Gasteiger partial charge on any atom is -0.494 e. The molecule has 11 nitrogen and oxygen atoms in total. The Morgan fingerprint density at radius 2 is 2.08 bits per heavy atom. The molecule has 1 heterocycles. The molecule has 0 bridgehead atoms. The third-order valence-corrected chi connectivity index (χ3v) is 6.93. The molecule has 11 heteroatoms. The van der Waals surface area contributed by atoms with Crippen LogP contribution in [0.1, 0.15) is 13.3 Å². The number of carbonyl (C=O) groups is 1. The monoisotopic (exact) mass is 548 g/mol. The van der Waals surface area contributed by atoms with E-state index in [0.717, 1.165) is 55.3 Å². The van der Waals surface area contributed by atoms with Crippen molar-refractivity contribution in [2.75, 3.05) is 63.7 Å². The lowest BCUT2D eigenvalue weighted by atomic mass is 9.89. The number of allylic oxidation sites excluding steroid dienone is 4. The fourth-order valence-electron chi connectivity index (χ4n) is 4.76. The highest BCUT2D eigenvalue weighted by Crippen LogP contribution is 2.39. The minimum atomic E-state index is -0.321. The van der Waals surface area contributed by atoms with E-state index in [2.05, 4.69) is 56.5 Å². The number of hydrogen-bond acceptors (Lipinski definition) is 9. The summed E-state index contributed by atoms with van der Waals surface area (Å²) in [5, 5.41) is 17.9. The van der Waals surface area contributed by atoms with E-state index in [0.29, 0.717) is 23.7 Å². The van der Waals surface area contributed by atoms with Crippen LogP contribution in [0.3, 0.4) is 0 Å². The highest BCUT2D eigenvalue weighted by molar-refractivity contribution is 6.03. The van der Waals surface area contributed by atoms with Gasteiger partial charge in [0.15, 0.2) is 0 Å². The van der Waals surface area contributed by atoms with Crippen molar-refractivity contribution in [3.63, 3.8) is 0 Å². The lowest BCUT2D eigenvalue weighted by Gasteiger charge is -2.36. The van der Waals surface area contributed by atoms with Gasteiger partial charge in [0.2, 0.25) is 5.91 Å². The summed E-state index contributed by atoms with van der Waals surface area (Å²) in [5.74, 6) is 0.245. The first-order valence-corrected chi connectivity index (χ1v) is 13.2. The van der Waals surface area contributed by atoms with Gasteiger partial charge in [0, 0.05) is 58.5 Å². The Labute approximate surface area is 236 Å². The number of anilines is 2.